The van der Waals surface area contributed by atoms with Crippen molar-refractivity contribution in [3.8, 4) is 0 Å². The van der Waals surface area contributed by atoms with Crippen LogP contribution in [-0.2, 0) is 16.0 Å². The molecule has 1 heterocycles. The van der Waals surface area contributed by atoms with Crippen LogP contribution in [-0.4, -0.2) is 36.5 Å². The van der Waals surface area contributed by atoms with Gasteiger partial charge in [-0.05, 0) is 29.7 Å². The number of hydrogen-bond donors (Lipinski definition) is 1. The number of nitrogens with zero attached hydrogens (tertiary/aromatic N) is 1. The van der Waals surface area contributed by atoms with E-state index in [0.717, 1.165) is 11.1 Å². The monoisotopic (exact) mass is 328 g/mol. The topological polar surface area (TPSA) is 55.6 Å². The summed E-state index contributed by atoms with van der Waals surface area (Å²) in [6.07, 6.45) is 0.269. The molecular formula is C19H21FN2O2. The van der Waals surface area contributed by atoms with E-state index in [2.05, 4.69) is 0 Å². The number of amides is 1. The van der Waals surface area contributed by atoms with E-state index in [1.165, 1.54) is 12.1 Å². The molecule has 2 N–H and O–H groups in total. The smallest absolute Gasteiger partial charge is 0.240 e. The predicted octanol–water partition coefficient (Wildman–Crippen LogP) is 2.30. The highest BCUT2D eigenvalue weighted by Crippen LogP contribution is 2.23. The number of ether oxygens (including phenoxy) is 1. The molecule has 3 rings (SSSR count). The van der Waals surface area contributed by atoms with Gasteiger partial charge in [0.15, 0.2) is 0 Å². The maximum Gasteiger partial charge on any atom is 0.240 e. The Morgan fingerprint density at radius 1 is 1.21 bits per heavy atom. The van der Waals surface area contributed by atoms with Crippen molar-refractivity contribution < 1.29 is 13.9 Å². The molecule has 4 nitrogen and oxygen atoms in total. The van der Waals surface area contributed by atoms with E-state index in [1.54, 1.807) is 17.0 Å². The number of nitrogens with two attached hydrogens (primary N) is 1. The lowest BCUT2D eigenvalue weighted by Crippen LogP contribution is -2.50. The Hall–Kier alpha value is -2.24. The lowest BCUT2D eigenvalue weighted by Gasteiger charge is -2.34. The fourth-order valence-corrected chi connectivity index (χ4v) is 2.92. The van der Waals surface area contributed by atoms with Crippen LogP contribution in [0.2, 0.25) is 0 Å². The summed E-state index contributed by atoms with van der Waals surface area (Å²) in [4.78, 5) is 14.4. The Bertz CT molecular complexity index is 676. The highest BCUT2D eigenvalue weighted by molar-refractivity contribution is 5.82. The first kappa shape index (κ1) is 16.6. The molecule has 0 radical (unpaired) electrons. The molecule has 0 aromatic heterocycles. The zero-order valence-corrected chi connectivity index (χ0v) is 13.4. The van der Waals surface area contributed by atoms with Crippen molar-refractivity contribution in [3.05, 3.63) is 71.5 Å². The number of carbonyl (C=O) groups is 1. The van der Waals surface area contributed by atoms with Gasteiger partial charge in [-0.3, -0.25) is 4.79 Å². The van der Waals surface area contributed by atoms with Gasteiger partial charge in [0.25, 0.3) is 0 Å². The van der Waals surface area contributed by atoms with Crippen LogP contribution in [0.3, 0.4) is 0 Å². The minimum atomic E-state index is -0.570. The third kappa shape index (κ3) is 3.99. The van der Waals surface area contributed by atoms with E-state index in [-0.39, 0.29) is 17.8 Å². The molecule has 0 bridgehead atoms. The second kappa shape index (κ2) is 7.55. The first-order valence-electron chi connectivity index (χ1n) is 8.09. The van der Waals surface area contributed by atoms with Gasteiger partial charge in [-0.25, -0.2) is 4.39 Å². The Morgan fingerprint density at radius 2 is 1.92 bits per heavy atom. The Balaban J connectivity index is 1.63. The van der Waals surface area contributed by atoms with E-state index in [1.807, 2.05) is 30.3 Å². The Morgan fingerprint density at radius 3 is 2.62 bits per heavy atom. The Kier molecular flexibility index (Phi) is 5.23. The first-order valence-corrected chi connectivity index (χ1v) is 8.09. The highest BCUT2D eigenvalue weighted by Gasteiger charge is 2.28. The van der Waals surface area contributed by atoms with Crippen molar-refractivity contribution in [1.29, 1.82) is 0 Å². The third-order valence-electron chi connectivity index (χ3n) is 4.24. The molecule has 0 aliphatic carbocycles. The number of hydrogen-bond acceptors (Lipinski definition) is 3. The first-order chi connectivity index (χ1) is 11.6. The molecule has 1 fully saturated rings. The molecule has 2 aromatic rings. The summed E-state index contributed by atoms with van der Waals surface area (Å²) >= 11 is 0. The van der Waals surface area contributed by atoms with E-state index in [0.29, 0.717) is 26.1 Å². The molecule has 5 heteroatoms. The molecule has 24 heavy (non-hydrogen) atoms. The maximum absolute atomic E-state index is 13.0. The summed E-state index contributed by atoms with van der Waals surface area (Å²) in [7, 11) is 0. The molecule has 2 aromatic carbocycles. The van der Waals surface area contributed by atoms with Crippen molar-refractivity contribution in [2.75, 3.05) is 19.7 Å². The number of carbonyl (C=O) groups excluding carboxylic acids is 1. The van der Waals surface area contributed by atoms with Crippen molar-refractivity contribution in [3.63, 3.8) is 0 Å². The van der Waals surface area contributed by atoms with Gasteiger partial charge in [0.1, 0.15) is 11.9 Å². The molecule has 2 unspecified atom stereocenters. The van der Waals surface area contributed by atoms with Gasteiger partial charge in [-0.1, -0.05) is 42.5 Å². The molecule has 1 amide bonds. The van der Waals surface area contributed by atoms with Crippen molar-refractivity contribution in [1.82, 2.24) is 4.90 Å². The van der Waals surface area contributed by atoms with Crippen molar-refractivity contribution in [2.45, 2.75) is 18.6 Å². The number of benzene rings is 2. The molecule has 2 atom stereocenters. The van der Waals surface area contributed by atoms with Gasteiger partial charge in [0.05, 0.1) is 19.2 Å². The van der Waals surface area contributed by atoms with Gasteiger partial charge in [0.2, 0.25) is 5.91 Å². The van der Waals surface area contributed by atoms with E-state index < -0.39 is 6.04 Å². The van der Waals surface area contributed by atoms with Crippen LogP contribution in [0, 0.1) is 5.82 Å². The SMILES string of the molecule is NC(Cc1ccccc1)C(=O)N1CCOC(c2ccc(F)cc2)C1. The van der Waals surface area contributed by atoms with Crippen LogP contribution in [0.4, 0.5) is 4.39 Å². The summed E-state index contributed by atoms with van der Waals surface area (Å²) in [5.74, 6) is -0.360. The quantitative estimate of drug-likeness (QED) is 0.937. The summed E-state index contributed by atoms with van der Waals surface area (Å²) in [6.45, 7) is 1.41. The van der Waals surface area contributed by atoms with Gasteiger partial charge in [-0.15, -0.1) is 0 Å². The summed E-state index contributed by atoms with van der Waals surface area (Å²) in [6, 6.07) is 15.4. The second-order valence-electron chi connectivity index (χ2n) is 5.99. The standard InChI is InChI=1S/C19H21FN2O2/c20-16-8-6-15(7-9-16)18-13-22(10-11-24-18)19(23)17(21)12-14-4-2-1-3-5-14/h1-9,17-18H,10-13,21H2. The largest absolute Gasteiger partial charge is 0.370 e. The summed E-state index contributed by atoms with van der Waals surface area (Å²) in [5.41, 5.74) is 8.01. The highest BCUT2D eigenvalue weighted by atomic mass is 19.1. The lowest BCUT2D eigenvalue weighted by molar-refractivity contribution is -0.140. The number of halogens is 1. The van der Waals surface area contributed by atoms with E-state index in [9.17, 15) is 9.18 Å². The molecule has 0 spiro atoms. The third-order valence-corrected chi connectivity index (χ3v) is 4.24. The van der Waals surface area contributed by atoms with Gasteiger partial charge < -0.3 is 15.4 Å². The minimum Gasteiger partial charge on any atom is -0.370 e. The van der Waals surface area contributed by atoms with Crippen LogP contribution in [0.15, 0.2) is 54.6 Å². The van der Waals surface area contributed by atoms with E-state index in [4.69, 9.17) is 10.5 Å². The fraction of sp³-hybridized carbons (Fsp3) is 0.316. The molecule has 126 valence electrons. The van der Waals surface area contributed by atoms with Crippen LogP contribution in [0.1, 0.15) is 17.2 Å². The average Bonchev–Trinajstić information content (AvgIpc) is 2.62. The minimum absolute atomic E-state index is 0.0748. The normalized spacial score (nSPS) is 19.1. The Labute approximate surface area is 141 Å². The number of rotatable bonds is 4. The molecule has 1 aliphatic rings. The van der Waals surface area contributed by atoms with Gasteiger partial charge >= 0.3 is 0 Å². The van der Waals surface area contributed by atoms with Crippen molar-refractivity contribution in [2.24, 2.45) is 5.73 Å². The van der Waals surface area contributed by atoms with Crippen LogP contribution in [0.25, 0.3) is 0 Å². The zero-order valence-electron chi connectivity index (χ0n) is 13.4. The van der Waals surface area contributed by atoms with Crippen LogP contribution >= 0.6 is 0 Å². The molecule has 1 aliphatic heterocycles. The number of morpholine rings is 1. The predicted molar refractivity (Wildman–Crippen MR) is 89.8 cm³/mol. The van der Waals surface area contributed by atoms with E-state index >= 15 is 0 Å². The lowest BCUT2D eigenvalue weighted by atomic mass is 10.0. The molecular weight excluding hydrogens is 307 g/mol. The molecule has 1 saturated heterocycles. The zero-order chi connectivity index (χ0) is 16.9. The van der Waals surface area contributed by atoms with Gasteiger partial charge in [0, 0.05) is 6.54 Å². The summed E-state index contributed by atoms with van der Waals surface area (Å²) in [5, 5.41) is 0. The van der Waals surface area contributed by atoms with Gasteiger partial charge in [-0.2, -0.15) is 0 Å². The summed E-state index contributed by atoms with van der Waals surface area (Å²) < 4.78 is 18.8. The van der Waals surface area contributed by atoms with Crippen LogP contribution < -0.4 is 5.73 Å². The fourth-order valence-electron chi connectivity index (χ4n) is 2.92. The van der Waals surface area contributed by atoms with Crippen molar-refractivity contribution >= 4 is 5.91 Å². The second-order valence-corrected chi connectivity index (χ2v) is 5.99. The molecule has 0 saturated carbocycles. The van der Waals surface area contributed by atoms with Crippen LogP contribution in [0.5, 0.6) is 0 Å². The average molecular weight is 328 g/mol. The maximum atomic E-state index is 13.0.